The van der Waals surface area contributed by atoms with Crippen LogP contribution in [0.3, 0.4) is 0 Å². The minimum Gasteiger partial charge on any atom is -0.482 e. The van der Waals surface area contributed by atoms with E-state index in [0.717, 1.165) is 48.1 Å². The van der Waals surface area contributed by atoms with Gasteiger partial charge in [0.2, 0.25) is 0 Å². The molecule has 1 N–H and O–H groups in total. The zero-order valence-corrected chi connectivity index (χ0v) is 21.0. The lowest BCUT2D eigenvalue weighted by Gasteiger charge is -2.34. The predicted octanol–water partition coefficient (Wildman–Crippen LogP) is 5.74. The van der Waals surface area contributed by atoms with Crippen molar-refractivity contribution in [1.29, 1.82) is 5.26 Å². The van der Waals surface area contributed by atoms with Crippen LogP contribution in [0.4, 0.5) is 5.69 Å². The zero-order chi connectivity index (χ0) is 25.3. The average Bonchev–Trinajstić information content (AvgIpc) is 3.20. The summed E-state index contributed by atoms with van der Waals surface area (Å²) in [5, 5.41) is 18.0. The van der Waals surface area contributed by atoms with Crippen LogP contribution < -0.4 is 9.04 Å². The molecule has 1 aliphatic carbocycles. The normalized spacial score (nSPS) is 16.8. The van der Waals surface area contributed by atoms with Crippen molar-refractivity contribution in [2.45, 2.75) is 49.3 Å². The summed E-state index contributed by atoms with van der Waals surface area (Å²) < 4.78 is 21.2. The van der Waals surface area contributed by atoms with E-state index in [9.17, 15) is 9.00 Å². The molecule has 2 aliphatic rings. The van der Waals surface area contributed by atoms with E-state index in [4.69, 9.17) is 15.1 Å². The molecule has 1 aliphatic heterocycles. The number of ether oxygens (including phenoxy) is 1. The third kappa shape index (κ3) is 4.49. The first-order chi connectivity index (χ1) is 17.4. The molecular weight excluding hydrogens is 472 g/mol. The van der Waals surface area contributed by atoms with Gasteiger partial charge in [0.05, 0.1) is 22.2 Å². The van der Waals surface area contributed by atoms with Crippen LogP contribution in [0.25, 0.3) is 11.1 Å². The Kier molecular flexibility index (Phi) is 6.55. The molecule has 0 radical (unpaired) electrons. The lowest BCUT2D eigenvalue weighted by molar-refractivity contribution is -0.139. The molecule has 1 fully saturated rings. The number of nitrogens with zero attached hydrogens (tertiary/aromatic N) is 2. The quantitative estimate of drug-likeness (QED) is 0.466. The summed E-state index contributed by atoms with van der Waals surface area (Å²) in [7, 11) is -1.41. The highest BCUT2D eigenvalue weighted by molar-refractivity contribution is 7.86. The highest BCUT2D eigenvalue weighted by Gasteiger charge is 2.45. The van der Waals surface area contributed by atoms with Crippen molar-refractivity contribution < 1.29 is 18.8 Å². The Balaban J connectivity index is 1.49. The van der Waals surface area contributed by atoms with Gasteiger partial charge in [-0.2, -0.15) is 5.26 Å². The molecule has 0 saturated heterocycles. The van der Waals surface area contributed by atoms with Crippen LogP contribution in [0.15, 0.2) is 65.6 Å². The topological polar surface area (TPSA) is 90.6 Å². The summed E-state index contributed by atoms with van der Waals surface area (Å²) in [6, 6.07) is 21.5. The number of aryl methyl sites for hydroxylation is 1. The predicted molar refractivity (Wildman–Crippen MR) is 139 cm³/mol. The Labute approximate surface area is 213 Å². The van der Waals surface area contributed by atoms with Gasteiger partial charge < -0.3 is 9.84 Å². The number of carbonyl (C=O) groups is 1. The molecule has 5 rings (SSSR count). The second-order valence-corrected chi connectivity index (χ2v) is 11.1. The molecule has 7 heteroatoms. The van der Waals surface area contributed by atoms with Gasteiger partial charge in [0.15, 0.2) is 17.6 Å². The van der Waals surface area contributed by atoms with Crippen LogP contribution in [0.1, 0.15) is 48.8 Å². The number of anilines is 1. The Morgan fingerprint density at radius 2 is 1.78 bits per heavy atom. The van der Waals surface area contributed by atoms with Crippen LogP contribution in [0, 0.1) is 18.3 Å². The Bertz CT molecular complexity index is 1370. The van der Waals surface area contributed by atoms with Crippen molar-refractivity contribution in [3.63, 3.8) is 0 Å². The molecule has 0 bridgehead atoms. The largest absolute Gasteiger partial charge is 0.482 e. The number of carboxylic acids is 1. The van der Waals surface area contributed by atoms with Gasteiger partial charge >= 0.3 is 5.97 Å². The molecule has 36 heavy (non-hydrogen) atoms. The van der Waals surface area contributed by atoms with Crippen molar-refractivity contribution in [3.05, 3.63) is 77.4 Å². The van der Waals surface area contributed by atoms with Gasteiger partial charge in [-0.25, -0.2) is 9.00 Å². The van der Waals surface area contributed by atoms with Crippen molar-refractivity contribution in [1.82, 2.24) is 0 Å². The van der Waals surface area contributed by atoms with E-state index in [1.54, 1.807) is 12.1 Å². The van der Waals surface area contributed by atoms with Gasteiger partial charge in [-0.1, -0.05) is 37.5 Å². The highest BCUT2D eigenvalue weighted by Crippen LogP contribution is 2.51. The number of rotatable bonds is 6. The van der Waals surface area contributed by atoms with Crippen LogP contribution in [0.2, 0.25) is 0 Å². The first-order valence-corrected chi connectivity index (χ1v) is 13.3. The second-order valence-electron chi connectivity index (χ2n) is 9.66. The molecule has 1 atom stereocenters. The fraction of sp³-hybridized carbons (Fsp3) is 0.310. The first-order valence-electron chi connectivity index (χ1n) is 12.2. The maximum atomic E-state index is 13.9. The molecule has 1 heterocycles. The van der Waals surface area contributed by atoms with E-state index in [1.807, 2.05) is 41.6 Å². The summed E-state index contributed by atoms with van der Waals surface area (Å²) >= 11 is 0. The smallest absolute Gasteiger partial charge is 0.341 e. The number of carboxylic acid groups (broad SMARTS) is 1. The molecule has 3 aromatic carbocycles. The lowest BCUT2D eigenvalue weighted by atomic mass is 9.70. The number of aliphatic carboxylic acids is 1. The minimum absolute atomic E-state index is 0.0224. The first kappa shape index (κ1) is 24.1. The van der Waals surface area contributed by atoms with Crippen molar-refractivity contribution in [2.24, 2.45) is 0 Å². The second kappa shape index (κ2) is 9.79. The Morgan fingerprint density at radius 1 is 1.06 bits per heavy atom. The number of hydrogen-bond donors (Lipinski definition) is 1. The lowest BCUT2D eigenvalue weighted by Crippen LogP contribution is -2.36. The van der Waals surface area contributed by atoms with Gasteiger partial charge in [-0.05, 0) is 84.5 Å². The monoisotopic (exact) mass is 500 g/mol. The van der Waals surface area contributed by atoms with E-state index < -0.39 is 23.6 Å². The van der Waals surface area contributed by atoms with E-state index in [0.29, 0.717) is 22.8 Å². The Morgan fingerprint density at radius 3 is 2.44 bits per heavy atom. The van der Waals surface area contributed by atoms with Gasteiger partial charge in [0.1, 0.15) is 5.75 Å². The third-order valence-corrected chi connectivity index (χ3v) is 8.72. The van der Waals surface area contributed by atoms with Crippen molar-refractivity contribution >= 4 is 22.6 Å². The van der Waals surface area contributed by atoms with Crippen molar-refractivity contribution in [2.75, 3.05) is 17.5 Å². The van der Waals surface area contributed by atoms with Crippen LogP contribution in [-0.2, 0) is 21.2 Å². The average molecular weight is 501 g/mol. The summed E-state index contributed by atoms with van der Waals surface area (Å²) in [5.74, 6) is -0.551. The summed E-state index contributed by atoms with van der Waals surface area (Å²) in [6.45, 7) is 2.14. The summed E-state index contributed by atoms with van der Waals surface area (Å²) in [4.78, 5) is 11.5. The standard InChI is InChI=1S/C29H28N2O4S/c1-20-15-24(10-12-27(20)35-18-28(32)33)36(34)31-19-29(13-3-2-4-14-29)25-16-23(9-11-26(25)31)22-7-5-21(17-30)6-8-22/h5-12,15-16H,2-4,13-14,18-19H2,1H3,(H,32,33). The minimum atomic E-state index is -1.41. The molecule has 3 aromatic rings. The van der Waals surface area contributed by atoms with Crippen LogP contribution in [0.5, 0.6) is 5.75 Å². The fourth-order valence-electron chi connectivity index (χ4n) is 5.50. The van der Waals surface area contributed by atoms with Crippen molar-refractivity contribution in [3.8, 4) is 22.9 Å². The number of benzene rings is 3. The van der Waals surface area contributed by atoms with Crippen LogP contribution >= 0.6 is 0 Å². The SMILES string of the molecule is Cc1cc(S(=O)N2CC3(CCCCC3)c3cc(-c4ccc(C#N)cc4)ccc32)ccc1OCC(=O)O. The molecule has 1 unspecified atom stereocenters. The van der Waals surface area contributed by atoms with Gasteiger partial charge in [-0.3, -0.25) is 4.31 Å². The van der Waals surface area contributed by atoms with E-state index in [2.05, 4.69) is 24.3 Å². The molecule has 6 nitrogen and oxygen atoms in total. The molecule has 184 valence electrons. The molecule has 1 saturated carbocycles. The van der Waals surface area contributed by atoms with Crippen LogP contribution in [-0.4, -0.2) is 28.4 Å². The number of nitriles is 1. The summed E-state index contributed by atoms with van der Waals surface area (Å²) in [6.07, 6.45) is 5.70. The van der Waals surface area contributed by atoms with E-state index >= 15 is 0 Å². The van der Waals surface area contributed by atoms with Gasteiger partial charge in [-0.15, -0.1) is 0 Å². The van der Waals surface area contributed by atoms with E-state index in [-0.39, 0.29) is 5.41 Å². The van der Waals surface area contributed by atoms with Gasteiger partial charge in [0, 0.05) is 12.0 Å². The van der Waals surface area contributed by atoms with Gasteiger partial charge in [0.25, 0.3) is 0 Å². The molecule has 0 aromatic heterocycles. The fourth-order valence-corrected chi connectivity index (χ4v) is 6.92. The van der Waals surface area contributed by atoms with E-state index in [1.165, 1.54) is 12.0 Å². The number of fused-ring (bicyclic) bond motifs is 2. The molecule has 1 spiro atoms. The highest BCUT2D eigenvalue weighted by atomic mass is 32.2. The zero-order valence-electron chi connectivity index (χ0n) is 20.2. The maximum absolute atomic E-state index is 13.9. The molecule has 0 amide bonds. The summed E-state index contributed by atoms with van der Waals surface area (Å²) in [5.41, 5.74) is 5.81. The molecular formula is C29H28N2O4S. The number of hydrogen-bond acceptors (Lipinski definition) is 4. The maximum Gasteiger partial charge on any atom is 0.341 e. The third-order valence-electron chi connectivity index (χ3n) is 7.34. The Hall–Kier alpha value is -3.63.